The van der Waals surface area contributed by atoms with Crippen LogP contribution in [0.5, 0.6) is 0 Å². The standard InChI is InChI=1S/C14H13N3O3S/c18-14(12-8-15-9-16-13(12)10-6-7-10)17-21(19,20)11-4-2-1-3-5-11/h1-5,8-10H,6-7H2,(H,17,18). The summed E-state index contributed by atoms with van der Waals surface area (Å²) in [5.41, 5.74) is 0.838. The number of carbonyl (C=O) groups is 1. The van der Waals surface area contributed by atoms with Crippen molar-refractivity contribution in [3.8, 4) is 0 Å². The number of benzene rings is 1. The molecule has 0 radical (unpaired) electrons. The Labute approximate surface area is 122 Å². The number of sulfonamides is 1. The molecule has 0 unspecified atom stereocenters. The summed E-state index contributed by atoms with van der Waals surface area (Å²) in [6.45, 7) is 0. The molecular formula is C14H13N3O3S. The fraction of sp³-hybridized carbons (Fsp3) is 0.214. The largest absolute Gasteiger partial charge is 0.268 e. The van der Waals surface area contributed by atoms with Crippen LogP contribution in [-0.4, -0.2) is 24.3 Å². The first-order valence-electron chi connectivity index (χ1n) is 6.50. The third-order valence-electron chi connectivity index (χ3n) is 3.23. The Kier molecular flexibility index (Phi) is 3.42. The second-order valence-electron chi connectivity index (χ2n) is 4.84. The van der Waals surface area contributed by atoms with E-state index in [2.05, 4.69) is 14.7 Å². The van der Waals surface area contributed by atoms with E-state index in [0.717, 1.165) is 12.8 Å². The minimum Gasteiger partial charge on any atom is -0.268 e. The van der Waals surface area contributed by atoms with Gasteiger partial charge in [-0.3, -0.25) is 4.79 Å². The van der Waals surface area contributed by atoms with Gasteiger partial charge in [-0.25, -0.2) is 23.1 Å². The summed E-state index contributed by atoms with van der Waals surface area (Å²) in [6.07, 6.45) is 4.65. The number of nitrogens with one attached hydrogen (secondary N) is 1. The van der Waals surface area contributed by atoms with Crippen molar-refractivity contribution >= 4 is 15.9 Å². The Bertz CT molecular complexity index is 771. The molecule has 0 atom stereocenters. The molecule has 0 saturated heterocycles. The van der Waals surface area contributed by atoms with Gasteiger partial charge in [0, 0.05) is 12.1 Å². The van der Waals surface area contributed by atoms with E-state index in [9.17, 15) is 13.2 Å². The predicted molar refractivity (Wildman–Crippen MR) is 75.1 cm³/mol. The van der Waals surface area contributed by atoms with Crippen molar-refractivity contribution in [3.05, 3.63) is 54.1 Å². The third kappa shape index (κ3) is 2.92. The monoisotopic (exact) mass is 303 g/mol. The fourth-order valence-corrected chi connectivity index (χ4v) is 3.02. The van der Waals surface area contributed by atoms with Crippen LogP contribution in [0.4, 0.5) is 0 Å². The number of carbonyl (C=O) groups excluding carboxylic acids is 1. The number of amides is 1. The first kappa shape index (κ1) is 13.7. The van der Waals surface area contributed by atoms with Crippen molar-refractivity contribution in [2.24, 2.45) is 0 Å². The van der Waals surface area contributed by atoms with Crippen LogP contribution < -0.4 is 4.72 Å². The zero-order valence-electron chi connectivity index (χ0n) is 11.1. The Morgan fingerprint density at radius 3 is 2.57 bits per heavy atom. The first-order valence-corrected chi connectivity index (χ1v) is 7.98. The molecule has 1 aliphatic rings. The molecule has 1 aliphatic carbocycles. The zero-order chi connectivity index (χ0) is 14.9. The topological polar surface area (TPSA) is 89.0 Å². The number of rotatable bonds is 4. The summed E-state index contributed by atoms with van der Waals surface area (Å²) in [5, 5.41) is 0. The average molecular weight is 303 g/mol. The van der Waals surface area contributed by atoms with Gasteiger partial charge in [-0.1, -0.05) is 18.2 Å². The van der Waals surface area contributed by atoms with Crippen LogP contribution in [0, 0.1) is 0 Å². The molecule has 108 valence electrons. The average Bonchev–Trinajstić information content (AvgIpc) is 3.32. The van der Waals surface area contributed by atoms with Gasteiger partial charge in [0.05, 0.1) is 16.2 Å². The maximum Gasteiger partial charge on any atom is 0.268 e. The van der Waals surface area contributed by atoms with Crippen molar-refractivity contribution in [3.63, 3.8) is 0 Å². The molecule has 1 saturated carbocycles. The Hall–Kier alpha value is -2.28. The summed E-state index contributed by atoms with van der Waals surface area (Å²) < 4.78 is 26.3. The van der Waals surface area contributed by atoms with Crippen LogP contribution in [0.3, 0.4) is 0 Å². The normalized spacial score (nSPS) is 14.7. The molecule has 0 bridgehead atoms. The lowest BCUT2D eigenvalue weighted by atomic mass is 10.1. The molecule has 0 aliphatic heterocycles. The number of hydrogen-bond acceptors (Lipinski definition) is 5. The van der Waals surface area contributed by atoms with Crippen LogP contribution in [0.15, 0.2) is 47.8 Å². The molecule has 1 amide bonds. The van der Waals surface area contributed by atoms with Gasteiger partial charge in [0.2, 0.25) is 0 Å². The lowest BCUT2D eigenvalue weighted by molar-refractivity contribution is 0.0979. The van der Waals surface area contributed by atoms with Crippen LogP contribution in [-0.2, 0) is 10.0 Å². The highest BCUT2D eigenvalue weighted by Crippen LogP contribution is 2.40. The van der Waals surface area contributed by atoms with Crippen molar-refractivity contribution in [1.29, 1.82) is 0 Å². The van der Waals surface area contributed by atoms with E-state index in [1.807, 2.05) is 0 Å². The number of nitrogens with zero attached hydrogens (tertiary/aromatic N) is 2. The molecule has 1 N–H and O–H groups in total. The van der Waals surface area contributed by atoms with E-state index in [0.29, 0.717) is 5.69 Å². The second-order valence-corrected chi connectivity index (χ2v) is 6.53. The lowest BCUT2D eigenvalue weighted by Gasteiger charge is -2.09. The molecule has 1 aromatic heterocycles. The van der Waals surface area contributed by atoms with Gasteiger partial charge >= 0.3 is 0 Å². The van der Waals surface area contributed by atoms with Gasteiger partial charge in [-0.05, 0) is 25.0 Å². The van der Waals surface area contributed by atoms with E-state index in [1.165, 1.54) is 24.7 Å². The highest BCUT2D eigenvalue weighted by Gasteiger charge is 2.30. The first-order chi connectivity index (χ1) is 10.1. The van der Waals surface area contributed by atoms with Crippen LogP contribution in [0.25, 0.3) is 0 Å². The smallest absolute Gasteiger partial charge is 0.268 e. The van der Waals surface area contributed by atoms with E-state index in [-0.39, 0.29) is 16.4 Å². The molecule has 21 heavy (non-hydrogen) atoms. The molecule has 7 heteroatoms. The molecule has 6 nitrogen and oxygen atoms in total. The summed E-state index contributed by atoms with van der Waals surface area (Å²) in [4.78, 5) is 20.2. The quantitative estimate of drug-likeness (QED) is 0.924. The minimum absolute atomic E-state index is 0.0446. The SMILES string of the molecule is O=C(NS(=O)(=O)c1ccccc1)c1cncnc1C1CC1. The number of hydrogen-bond donors (Lipinski definition) is 1. The molecular weight excluding hydrogens is 290 g/mol. The Morgan fingerprint density at radius 2 is 1.90 bits per heavy atom. The fourth-order valence-electron chi connectivity index (χ4n) is 2.03. The van der Waals surface area contributed by atoms with Gasteiger partial charge in [0.1, 0.15) is 6.33 Å². The second kappa shape index (κ2) is 5.25. The third-order valence-corrected chi connectivity index (χ3v) is 4.58. The Morgan fingerprint density at radius 1 is 1.19 bits per heavy atom. The van der Waals surface area contributed by atoms with Gasteiger partial charge in [0.15, 0.2) is 0 Å². The lowest BCUT2D eigenvalue weighted by Crippen LogP contribution is -2.31. The van der Waals surface area contributed by atoms with Crippen molar-refractivity contribution in [2.45, 2.75) is 23.7 Å². The van der Waals surface area contributed by atoms with E-state index in [1.54, 1.807) is 18.2 Å². The maximum atomic E-state index is 12.2. The molecule has 3 rings (SSSR count). The molecule has 1 aromatic carbocycles. The van der Waals surface area contributed by atoms with Gasteiger partial charge < -0.3 is 0 Å². The van der Waals surface area contributed by atoms with Crippen molar-refractivity contribution in [2.75, 3.05) is 0 Å². The van der Waals surface area contributed by atoms with Crippen molar-refractivity contribution in [1.82, 2.24) is 14.7 Å². The van der Waals surface area contributed by atoms with E-state index in [4.69, 9.17) is 0 Å². The summed E-state index contributed by atoms with van der Waals surface area (Å²) in [5.74, 6) is -0.463. The number of aromatic nitrogens is 2. The van der Waals surface area contributed by atoms with Crippen LogP contribution in [0.2, 0.25) is 0 Å². The minimum atomic E-state index is -3.88. The summed E-state index contributed by atoms with van der Waals surface area (Å²) >= 11 is 0. The predicted octanol–water partition coefficient (Wildman–Crippen LogP) is 1.47. The van der Waals surface area contributed by atoms with Gasteiger partial charge in [-0.2, -0.15) is 0 Å². The highest BCUT2D eigenvalue weighted by molar-refractivity contribution is 7.90. The van der Waals surface area contributed by atoms with Gasteiger partial charge in [-0.15, -0.1) is 0 Å². The summed E-state index contributed by atoms with van der Waals surface area (Å²) in [6, 6.07) is 7.76. The zero-order valence-corrected chi connectivity index (χ0v) is 11.9. The molecule has 1 fully saturated rings. The molecule has 2 aromatic rings. The van der Waals surface area contributed by atoms with E-state index >= 15 is 0 Å². The van der Waals surface area contributed by atoms with Gasteiger partial charge in [0.25, 0.3) is 15.9 Å². The maximum absolute atomic E-state index is 12.2. The molecule has 0 spiro atoms. The highest BCUT2D eigenvalue weighted by atomic mass is 32.2. The molecule has 1 heterocycles. The van der Waals surface area contributed by atoms with Crippen LogP contribution >= 0.6 is 0 Å². The van der Waals surface area contributed by atoms with Crippen molar-refractivity contribution < 1.29 is 13.2 Å². The summed E-state index contributed by atoms with van der Waals surface area (Å²) in [7, 11) is -3.88. The Balaban J connectivity index is 1.87. The van der Waals surface area contributed by atoms with Crippen LogP contribution in [0.1, 0.15) is 34.8 Å². The van der Waals surface area contributed by atoms with E-state index < -0.39 is 15.9 Å².